The number of amides is 1. The van der Waals surface area contributed by atoms with Gasteiger partial charge in [-0.2, -0.15) is 5.26 Å². The molecule has 18 heavy (non-hydrogen) atoms. The predicted octanol–water partition coefficient (Wildman–Crippen LogP) is 2.34. The SMILES string of the molecule is N#Cc1ccccc1NC(=O)c1ccc(F)cn1. The van der Waals surface area contributed by atoms with Gasteiger partial charge in [0.2, 0.25) is 0 Å². The maximum absolute atomic E-state index is 12.7. The highest BCUT2D eigenvalue weighted by Gasteiger charge is 2.09. The molecule has 0 saturated carbocycles. The van der Waals surface area contributed by atoms with Crippen LogP contribution < -0.4 is 5.32 Å². The summed E-state index contributed by atoms with van der Waals surface area (Å²) >= 11 is 0. The number of carbonyl (C=O) groups excluding carboxylic acids is 1. The highest BCUT2D eigenvalue weighted by Crippen LogP contribution is 2.14. The first kappa shape index (κ1) is 11.7. The molecule has 88 valence electrons. The Morgan fingerprint density at radius 1 is 1.28 bits per heavy atom. The van der Waals surface area contributed by atoms with Crippen molar-refractivity contribution in [3.8, 4) is 6.07 Å². The first-order valence-electron chi connectivity index (χ1n) is 5.13. The second-order valence-electron chi connectivity index (χ2n) is 3.47. The molecule has 1 aromatic carbocycles. The highest BCUT2D eigenvalue weighted by molar-refractivity contribution is 6.03. The molecule has 1 N–H and O–H groups in total. The summed E-state index contributed by atoms with van der Waals surface area (Å²) < 4.78 is 12.7. The fourth-order valence-corrected chi connectivity index (χ4v) is 1.39. The zero-order chi connectivity index (χ0) is 13.0. The maximum atomic E-state index is 12.7. The number of carbonyl (C=O) groups is 1. The summed E-state index contributed by atoms with van der Waals surface area (Å²) in [6.07, 6.45) is 0.963. The number of para-hydroxylation sites is 1. The molecule has 0 spiro atoms. The van der Waals surface area contributed by atoms with Gasteiger partial charge in [0.25, 0.3) is 5.91 Å². The number of aromatic nitrogens is 1. The van der Waals surface area contributed by atoms with Crippen LogP contribution in [0, 0.1) is 17.1 Å². The van der Waals surface area contributed by atoms with Crippen LogP contribution in [0.15, 0.2) is 42.6 Å². The average Bonchev–Trinajstić information content (AvgIpc) is 2.40. The van der Waals surface area contributed by atoms with Crippen LogP contribution in [0.2, 0.25) is 0 Å². The van der Waals surface area contributed by atoms with Crippen molar-refractivity contribution in [3.63, 3.8) is 0 Å². The number of rotatable bonds is 2. The fraction of sp³-hybridized carbons (Fsp3) is 0. The molecule has 0 aliphatic heterocycles. The third kappa shape index (κ3) is 2.50. The fourth-order valence-electron chi connectivity index (χ4n) is 1.39. The first-order chi connectivity index (χ1) is 8.70. The van der Waals surface area contributed by atoms with Crippen LogP contribution >= 0.6 is 0 Å². The number of halogens is 1. The molecule has 0 atom stereocenters. The van der Waals surface area contributed by atoms with E-state index in [1.165, 1.54) is 6.07 Å². The van der Waals surface area contributed by atoms with Crippen LogP contribution in [-0.4, -0.2) is 10.9 Å². The summed E-state index contributed by atoms with van der Waals surface area (Å²) in [5, 5.41) is 11.4. The third-order valence-corrected chi connectivity index (χ3v) is 2.26. The van der Waals surface area contributed by atoms with Gasteiger partial charge in [0.05, 0.1) is 17.4 Å². The van der Waals surface area contributed by atoms with Crippen LogP contribution in [0.5, 0.6) is 0 Å². The van der Waals surface area contributed by atoms with Crippen LogP contribution in [-0.2, 0) is 0 Å². The Balaban J connectivity index is 2.22. The quantitative estimate of drug-likeness (QED) is 0.877. The Hall–Kier alpha value is -2.74. The van der Waals surface area contributed by atoms with Gasteiger partial charge < -0.3 is 5.32 Å². The lowest BCUT2D eigenvalue weighted by atomic mass is 10.2. The van der Waals surface area contributed by atoms with Gasteiger partial charge in [-0.1, -0.05) is 12.1 Å². The Kier molecular flexibility index (Phi) is 3.30. The summed E-state index contributed by atoms with van der Waals surface area (Å²) in [6, 6.07) is 11.0. The monoisotopic (exact) mass is 241 g/mol. The van der Waals surface area contributed by atoms with Gasteiger partial charge in [0.15, 0.2) is 0 Å². The van der Waals surface area contributed by atoms with E-state index in [0.29, 0.717) is 11.3 Å². The molecule has 5 heteroatoms. The molecule has 1 amide bonds. The van der Waals surface area contributed by atoms with Crippen molar-refractivity contribution in [1.29, 1.82) is 5.26 Å². The van der Waals surface area contributed by atoms with E-state index in [9.17, 15) is 9.18 Å². The van der Waals surface area contributed by atoms with Gasteiger partial charge in [-0.05, 0) is 24.3 Å². The molecule has 4 nitrogen and oxygen atoms in total. The smallest absolute Gasteiger partial charge is 0.274 e. The van der Waals surface area contributed by atoms with Gasteiger partial charge in [0.1, 0.15) is 17.6 Å². The van der Waals surface area contributed by atoms with Gasteiger partial charge in [-0.3, -0.25) is 4.79 Å². The Morgan fingerprint density at radius 2 is 2.06 bits per heavy atom. The summed E-state index contributed by atoms with van der Waals surface area (Å²) in [5.74, 6) is -0.998. The number of hydrogen-bond donors (Lipinski definition) is 1. The van der Waals surface area contributed by atoms with Gasteiger partial charge in [-0.25, -0.2) is 9.37 Å². The van der Waals surface area contributed by atoms with Crippen LogP contribution in [0.3, 0.4) is 0 Å². The third-order valence-electron chi connectivity index (χ3n) is 2.26. The van der Waals surface area contributed by atoms with Crippen molar-refractivity contribution in [2.75, 3.05) is 5.32 Å². The number of pyridine rings is 1. The molecule has 0 radical (unpaired) electrons. The zero-order valence-electron chi connectivity index (χ0n) is 9.22. The topological polar surface area (TPSA) is 65.8 Å². The largest absolute Gasteiger partial charge is 0.319 e. The molecule has 0 saturated heterocycles. The van der Waals surface area contributed by atoms with Crippen molar-refractivity contribution in [1.82, 2.24) is 4.98 Å². The van der Waals surface area contributed by atoms with Crippen molar-refractivity contribution >= 4 is 11.6 Å². The highest BCUT2D eigenvalue weighted by atomic mass is 19.1. The Bertz CT molecular complexity index is 617. The summed E-state index contributed by atoms with van der Waals surface area (Å²) in [6.45, 7) is 0. The molecule has 0 bridgehead atoms. The molecule has 0 fully saturated rings. The zero-order valence-corrected chi connectivity index (χ0v) is 9.22. The molecule has 2 aromatic rings. The number of nitrogens with zero attached hydrogens (tertiary/aromatic N) is 2. The lowest BCUT2D eigenvalue weighted by Gasteiger charge is -2.05. The van der Waals surface area contributed by atoms with Crippen LogP contribution in [0.1, 0.15) is 16.1 Å². The van der Waals surface area contributed by atoms with E-state index in [4.69, 9.17) is 5.26 Å². The van der Waals surface area contributed by atoms with Crippen molar-refractivity contribution in [3.05, 3.63) is 59.7 Å². The second kappa shape index (κ2) is 5.06. The molecular weight excluding hydrogens is 233 g/mol. The van der Waals surface area contributed by atoms with Crippen LogP contribution in [0.4, 0.5) is 10.1 Å². The summed E-state index contributed by atoms with van der Waals surface area (Å²) in [7, 11) is 0. The van der Waals surface area contributed by atoms with Crippen molar-refractivity contribution < 1.29 is 9.18 Å². The minimum Gasteiger partial charge on any atom is -0.319 e. The average molecular weight is 241 g/mol. The van der Waals surface area contributed by atoms with E-state index in [-0.39, 0.29) is 5.69 Å². The Morgan fingerprint density at radius 3 is 2.72 bits per heavy atom. The van der Waals surface area contributed by atoms with E-state index < -0.39 is 11.7 Å². The first-order valence-corrected chi connectivity index (χ1v) is 5.13. The van der Waals surface area contributed by atoms with E-state index in [1.54, 1.807) is 24.3 Å². The molecule has 1 heterocycles. The summed E-state index contributed by atoms with van der Waals surface area (Å²) in [5.41, 5.74) is 0.841. The number of nitrogens with one attached hydrogen (secondary N) is 1. The van der Waals surface area contributed by atoms with E-state index in [1.807, 2.05) is 6.07 Å². The number of nitriles is 1. The summed E-state index contributed by atoms with van der Waals surface area (Å²) in [4.78, 5) is 15.4. The van der Waals surface area contributed by atoms with Crippen molar-refractivity contribution in [2.45, 2.75) is 0 Å². The van der Waals surface area contributed by atoms with E-state index in [2.05, 4.69) is 10.3 Å². The second-order valence-corrected chi connectivity index (χ2v) is 3.47. The molecule has 2 rings (SSSR count). The number of anilines is 1. The minimum absolute atomic E-state index is 0.0872. The Labute approximate surface area is 103 Å². The van der Waals surface area contributed by atoms with Crippen LogP contribution in [0.25, 0.3) is 0 Å². The lowest BCUT2D eigenvalue weighted by Crippen LogP contribution is -2.14. The normalized spacial score (nSPS) is 9.56. The van der Waals surface area contributed by atoms with Gasteiger partial charge in [0, 0.05) is 0 Å². The molecule has 1 aromatic heterocycles. The number of hydrogen-bond acceptors (Lipinski definition) is 3. The maximum Gasteiger partial charge on any atom is 0.274 e. The van der Waals surface area contributed by atoms with Gasteiger partial charge >= 0.3 is 0 Å². The minimum atomic E-state index is -0.510. The molecule has 0 aliphatic carbocycles. The molecular formula is C13H8FN3O. The van der Waals surface area contributed by atoms with Crippen molar-refractivity contribution in [2.24, 2.45) is 0 Å². The predicted molar refractivity (Wildman–Crippen MR) is 63.3 cm³/mol. The molecule has 0 unspecified atom stereocenters. The standard InChI is InChI=1S/C13H8FN3O/c14-10-5-6-12(16-8-10)13(18)17-11-4-2-1-3-9(11)7-15/h1-6,8H,(H,17,18). The van der Waals surface area contributed by atoms with E-state index in [0.717, 1.165) is 12.3 Å². The molecule has 0 aliphatic rings. The number of benzene rings is 1. The van der Waals surface area contributed by atoms with Gasteiger partial charge in [-0.15, -0.1) is 0 Å². The van der Waals surface area contributed by atoms with E-state index >= 15 is 0 Å². The lowest BCUT2D eigenvalue weighted by molar-refractivity contribution is 0.102.